The summed E-state index contributed by atoms with van der Waals surface area (Å²) in [5, 5.41) is 0.521. The van der Waals surface area contributed by atoms with Gasteiger partial charge in [-0.2, -0.15) is 0 Å². The first kappa shape index (κ1) is 15.6. The topological polar surface area (TPSA) is 36.3 Å². The minimum Gasteiger partial charge on any atom is -0.382 e. The van der Waals surface area contributed by atoms with E-state index in [-0.39, 0.29) is 5.38 Å². The summed E-state index contributed by atoms with van der Waals surface area (Å²) in [6, 6.07) is 5.64. The van der Waals surface area contributed by atoms with Gasteiger partial charge in [0.25, 0.3) is 0 Å². The molecule has 0 radical (unpaired) electrons. The van der Waals surface area contributed by atoms with Crippen molar-refractivity contribution >= 4 is 34.2 Å². The van der Waals surface area contributed by atoms with Crippen LogP contribution in [0.4, 0.5) is 0 Å². The van der Waals surface area contributed by atoms with Crippen LogP contribution in [0.2, 0.25) is 5.02 Å². The number of hydrogen-bond donors (Lipinski definition) is 0. The van der Waals surface area contributed by atoms with Crippen LogP contribution >= 0.6 is 23.2 Å². The number of rotatable bonds is 7. The van der Waals surface area contributed by atoms with Gasteiger partial charge in [0.05, 0.1) is 36.2 Å². The Hall–Kier alpha value is -0.810. The largest absolute Gasteiger partial charge is 0.382 e. The van der Waals surface area contributed by atoms with Gasteiger partial charge in [-0.1, -0.05) is 11.6 Å². The highest BCUT2D eigenvalue weighted by Gasteiger charge is 2.14. The Morgan fingerprint density at radius 3 is 2.80 bits per heavy atom. The van der Waals surface area contributed by atoms with Crippen LogP contribution in [0.15, 0.2) is 18.2 Å². The summed E-state index contributed by atoms with van der Waals surface area (Å²) in [5.41, 5.74) is 1.88. The molecule has 2 rings (SSSR count). The standard InChI is InChI=1S/C14H18Cl2N2O2/c1-10(15)14-17-12-4-3-11(16)9-13(12)18(14)5-6-20-8-7-19-2/h3-4,9-10H,5-8H2,1-2H3. The lowest BCUT2D eigenvalue weighted by Crippen LogP contribution is -2.12. The number of methoxy groups -OCH3 is 1. The van der Waals surface area contributed by atoms with Crippen LogP contribution in [0, 0.1) is 0 Å². The van der Waals surface area contributed by atoms with Crippen LogP contribution in [-0.2, 0) is 16.0 Å². The number of halogens is 2. The van der Waals surface area contributed by atoms with Crippen molar-refractivity contribution in [2.24, 2.45) is 0 Å². The number of hydrogen-bond acceptors (Lipinski definition) is 3. The SMILES string of the molecule is COCCOCCn1c(C(C)Cl)nc2ccc(Cl)cc21. The molecule has 4 nitrogen and oxygen atoms in total. The fourth-order valence-corrected chi connectivity index (χ4v) is 2.39. The molecular formula is C14H18Cl2N2O2. The van der Waals surface area contributed by atoms with Crippen molar-refractivity contribution in [2.45, 2.75) is 18.8 Å². The first-order valence-electron chi connectivity index (χ1n) is 6.50. The van der Waals surface area contributed by atoms with Crippen molar-refractivity contribution in [2.75, 3.05) is 26.9 Å². The van der Waals surface area contributed by atoms with E-state index in [1.165, 1.54) is 0 Å². The van der Waals surface area contributed by atoms with Gasteiger partial charge in [0.1, 0.15) is 5.82 Å². The Kier molecular flexibility index (Phi) is 5.66. The molecule has 0 aliphatic rings. The summed E-state index contributed by atoms with van der Waals surface area (Å²) in [5.74, 6) is 0.833. The van der Waals surface area contributed by atoms with Crippen LogP contribution in [0.25, 0.3) is 11.0 Å². The third kappa shape index (κ3) is 3.64. The molecule has 0 fully saturated rings. The molecule has 6 heteroatoms. The second-order valence-electron chi connectivity index (χ2n) is 4.48. The molecule has 2 aromatic rings. The molecule has 1 heterocycles. The Bertz CT molecular complexity index is 570. The summed E-state index contributed by atoms with van der Waals surface area (Å²) in [6.45, 7) is 4.35. The van der Waals surface area contributed by atoms with Gasteiger partial charge in [0.15, 0.2) is 0 Å². The smallest absolute Gasteiger partial charge is 0.127 e. The average molecular weight is 317 g/mol. The summed E-state index contributed by atoms with van der Waals surface area (Å²) in [4.78, 5) is 4.56. The average Bonchev–Trinajstić information content (AvgIpc) is 2.77. The van der Waals surface area contributed by atoms with E-state index in [0.717, 1.165) is 16.9 Å². The Balaban J connectivity index is 2.19. The zero-order valence-electron chi connectivity index (χ0n) is 11.6. The highest BCUT2D eigenvalue weighted by molar-refractivity contribution is 6.31. The Morgan fingerprint density at radius 2 is 2.10 bits per heavy atom. The third-order valence-corrected chi connectivity index (χ3v) is 3.42. The van der Waals surface area contributed by atoms with Crippen molar-refractivity contribution in [3.05, 3.63) is 29.0 Å². The minimum atomic E-state index is -0.167. The van der Waals surface area contributed by atoms with Gasteiger partial charge in [-0.3, -0.25) is 0 Å². The minimum absolute atomic E-state index is 0.167. The predicted molar refractivity (Wildman–Crippen MR) is 81.7 cm³/mol. The van der Waals surface area contributed by atoms with Gasteiger partial charge in [0, 0.05) is 18.7 Å². The quantitative estimate of drug-likeness (QED) is 0.578. The number of ether oxygens (including phenoxy) is 2. The van der Waals surface area contributed by atoms with E-state index in [2.05, 4.69) is 9.55 Å². The van der Waals surface area contributed by atoms with Crippen molar-refractivity contribution < 1.29 is 9.47 Å². The number of benzene rings is 1. The number of nitrogens with zero attached hydrogens (tertiary/aromatic N) is 2. The highest BCUT2D eigenvalue weighted by Crippen LogP contribution is 2.26. The van der Waals surface area contributed by atoms with Gasteiger partial charge in [0.2, 0.25) is 0 Å². The molecular weight excluding hydrogens is 299 g/mol. The van der Waals surface area contributed by atoms with E-state index in [1.807, 2.05) is 25.1 Å². The number of imidazole rings is 1. The van der Waals surface area contributed by atoms with E-state index >= 15 is 0 Å². The van der Waals surface area contributed by atoms with Gasteiger partial charge in [-0.15, -0.1) is 11.6 Å². The molecule has 0 spiro atoms. The number of fused-ring (bicyclic) bond motifs is 1. The molecule has 1 aromatic carbocycles. The van der Waals surface area contributed by atoms with E-state index in [4.69, 9.17) is 32.7 Å². The predicted octanol–water partition coefficient (Wildman–Crippen LogP) is 3.65. The molecule has 1 atom stereocenters. The molecule has 0 aliphatic heterocycles. The van der Waals surface area contributed by atoms with Crippen LogP contribution < -0.4 is 0 Å². The summed E-state index contributed by atoms with van der Waals surface area (Å²) >= 11 is 12.3. The molecule has 110 valence electrons. The maximum Gasteiger partial charge on any atom is 0.127 e. The van der Waals surface area contributed by atoms with E-state index < -0.39 is 0 Å². The lowest BCUT2D eigenvalue weighted by atomic mass is 10.3. The first-order chi connectivity index (χ1) is 9.63. The maximum absolute atomic E-state index is 6.20. The van der Waals surface area contributed by atoms with Crippen molar-refractivity contribution in [3.63, 3.8) is 0 Å². The lowest BCUT2D eigenvalue weighted by Gasteiger charge is -2.11. The van der Waals surface area contributed by atoms with Crippen molar-refractivity contribution in [3.8, 4) is 0 Å². The van der Waals surface area contributed by atoms with E-state index in [1.54, 1.807) is 7.11 Å². The normalized spacial score (nSPS) is 13.0. The highest BCUT2D eigenvalue weighted by atomic mass is 35.5. The van der Waals surface area contributed by atoms with E-state index in [0.29, 0.717) is 31.4 Å². The van der Waals surface area contributed by atoms with Crippen molar-refractivity contribution in [1.82, 2.24) is 9.55 Å². The first-order valence-corrected chi connectivity index (χ1v) is 7.31. The monoisotopic (exact) mass is 316 g/mol. The van der Waals surface area contributed by atoms with Gasteiger partial charge in [-0.25, -0.2) is 4.98 Å². The van der Waals surface area contributed by atoms with Gasteiger partial charge >= 0.3 is 0 Å². The molecule has 0 saturated heterocycles. The molecule has 0 saturated carbocycles. The fourth-order valence-electron chi connectivity index (χ4n) is 2.05. The molecule has 0 N–H and O–H groups in total. The molecule has 20 heavy (non-hydrogen) atoms. The van der Waals surface area contributed by atoms with Crippen molar-refractivity contribution in [1.29, 1.82) is 0 Å². The summed E-state index contributed by atoms with van der Waals surface area (Å²) in [6.07, 6.45) is 0. The second kappa shape index (κ2) is 7.27. The summed E-state index contributed by atoms with van der Waals surface area (Å²) in [7, 11) is 1.65. The zero-order valence-corrected chi connectivity index (χ0v) is 13.1. The molecule has 0 aliphatic carbocycles. The molecule has 0 bridgehead atoms. The Morgan fingerprint density at radius 1 is 1.30 bits per heavy atom. The second-order valence-corrected chi connectivity index (χ2v) is 5.57. The maximum atomic E-state index is 6.20. The zero-order chi connectivity index (χ0) is 14.5. The van der Waals surface area contributed by atoms with Gasteiger partial charge in [-0.05, 0) is 25.1 Å². The molecule has 1 aromatic heterocycles. The van der Waals surface area contributed by atoms with Gasteiger partial charge < -0.3 is 14.0 Å². The molecule has 0 amide bonds. The number of alkyl halides is 1. The van der Waals surface area contributed by atoms with Crippen LogP contribution in [0.1, 0.15) is 18.1 Å². The summed E-state index contributed by atoms with van der Waals surface area (Å²) < 4.78 is 12.5. The third-order valence-electron chi connectivity index (χ3n) is 2.99. The fraction of sp³-hybridized carbons (Fsp3) is 0.500. The number of aromatic nitrogens is 2. The lowest BCUT2D eigenvalue weighted by molar-refractivity contribution is 0.0667. The van der Waals surface area contributed by atoms with Crippen LogP contribution in [0.5, 0.6) is 0 Å². The molecule has 1 unspecified atom stereocenters. The van der Waals surface area contributed by atoms with E-state index in [9.17, 15) is 0 Å². The van der Waals surface area contributed by atoms with Crippen LogP contribution in [0.3, 0.4) is 0 Å². The van der Waals surface area contributed by atoms with Crippen LogP contribution in [-0.4, -0.2) is 36.5 Å². The Labute approximate surface area is 128 Å².